The van der Waals surface area contributed by atoms with E-state index in [-0.39, 0.29) is 6.29 Å². The van der Waals surface area contributed by atoms with Gasteiger partial charge in [-0.15, -0.1) is 0 Å². The van der Waals surface area contributed by atoms with Crippen molar-refractivity contribution in [2.75, 3.05) is 13.7 Å². The maximum Gasteiger partial charge on any atom is 0.157 e. The zero-order valence-electron chi connectivity index (χ0n) is 5.39. The highest BCUT2D eigenvalue weighted by Gasteiger charge is 2.20. The topological polar surface area (TPSA) is 18.5 Å². The lowest BCUT2D eigenvalue weighted by molar-refractivity contribution is -0.0881. The second-order valence-corrected chi connectivity index (χ2v) is 2.34. The third kappa shape index (κ3) is 1.20. The van der Waals surface area contributed by atoms with Gasteiger partial charge in [0.2, 0.25) is 0 Å². The Morgan fingerprint density at radius 2 is 2.38 bits per heavy atom. The van der Waals surface area contributed by atoms with Gasteiger partial charge in [0.1, 0.15) is 0 Å². The summed E-state index contributed by atoms with van der Waals surface area (Å²) in [6, 6.07) is 0. The first-order valence-corrected chi connectivity index (χ1v) is 2.97. The Labute approximate surface area is 49.8 Å². The quantitative estimate of drug-likeness (QED) is 0.509. The predicted molar refractivity (Wildman–Crippen MR) is 30.5 cm³/mol. The zero-order valence-corrected chi connectivity index (χ0v) is 5.39. The van der Waals surface area contributed by atoms with Crippen LogP contribution in [-0.2, 0) is 9.47 Å². The molecule has 1 unspecified atom stereocenters. The van der Waals surface area contributed by atoms with E-state index >= 15 is 0 Å². The average Bonchev–Trinajstić information content (AvgIpc) is 2.14. The van der Waals surface area contributed by atoms with E-state index in [1.807, 2.05) is 0 Å². The summed E-state index contributed by atoms with van der Waals surface area (Å²) < 4.78 is 10.2. The number of hydrogen-bond acceptors (Lipinski definition) is 2. The van der Waals surface area contributed by atoms with E-state index in [0.717, 1.165) is 13.0 Å². The van der Waals surface area contributed by atoms with E-state index in [1.165, 1.54) is 0 Å². The van der Waals surface area contributed by atoms with Gasteiger partial charge in [0.25, 0.3) is 0 Å². The van der Waals surface area contributed by atoms with Crippen LogP contribution in [0.3, 0.4) is 0 Å². The van der Waals surface area contributed by atoms with Crippen LogP contribution in [0.25, 0.3) is 0 Å². The van der Waals surface area contributed by atoms with E-state index in [2.05, 4.69) is 6.92 Å². The smallest absolute Gasteiger partial charge is 0.157 e. The summed E-state index contributed by atoms with van der Waals surface area (Å²) >= 11 is 0. The molecule has 0 saturated carbocycles. The summed E-state index contributed by atoms with van der Waals surface area (Å²) in [6.45, 7) is 3.03. The maximum atomic E-state index is 5.19. The Morgan fingerprint density at radius 3 is 2.62 bits per heavy atom. The molecule has 1 heterocycles. The Balaban J connectivity index is 2.22. The third-order valence-electron chi connectivity index (χ3n) is 1.42. The minimum absolute atomic E-state index is 0.0741. The van der Waals surface area contributed by atoms with E-state index in [9.17, 15) is 0 Å². The Morgan fingerprint density at radius 1 is 1.62 bits per heavy atom. The van der Waals surface area contributed by atoms with Crippen LogP contribution < -0.4 is 0 Å². The van der Waals surface area contributed by atoms with Gasteiger partial charge in [-0.1, -0.05) is 6.92 Å². The normalized spacial score (nSPS) is 38.2. The van der Waals surface area contributed by atoms with Gasteiger partial charge < -0.3 is 9.47 Å². The van der Waals surface area contributed by atoms with Crippen molar-refractivity contribution in [3.63, 3.8) is 0 Å². The van der Waals surface area contributed by atoms with Gasteiger partial charge in [-0.25, -0.2) is 0 Å². The highest BCUT2D eigenvalue weighted by Crippen LogP contribution is 2.18. The maximum absolute atomic E-state index is 5.19. The van der Waals surface area contributed by atoms with Crippen LogP contribution >= 0.6 is 0 Å². The highest BCUT2D eigenvalue weighted by atomic mass is 16.7. The SMILES string of the molecule is CO[C@H]1CC(C)CO1. The fraction of sp³-hybridized carbons (Fsp3) is 1.00. The molecule has 2 heteroatoms. The molecule has 2 atom stereocenters. The number of ether oxygens (including phenoxy) is 2. The summed E-state index contributed by atoms with van der Waals surface area (Å²) in [5, 5.41) is 0. The molecule has 48 valence electrons. The van der Waals surface area contributed by atoms with Crippen molar-refractivity contribution in [3.8, 4) is 0 Å². The summed E-state index contributed by atoms with van der Waals surface area (Å²) in [7, 11) is 1.68. The van der Waals surface area contributed by atoms with Crippen LogP contribution in [0.1, 0.15) is 13.3 Å². The van der Waals surface area contributed by atoms with Crippen molar-refractivity contribution in [2.45, 2.75) is 19.6 Å². The first kappa shape index (κ1) is 6.05. The molecule has 1 fully saturated rings. The van der Waals surface area contributed by atoms with Gasteiger partial charge in [0.15, 0.2) is 6.29 Å². The number of hydrogen-bond donors (Lipinski definition) is 0. The number of methoxy groups -OCH3 is 1. The van der Waals surface area contributed by atoms with Crippen molar-refractivity contribution in [2.24, 2.45) is 5.92 Å². The summed E-state index contributed by atoms with van der Waals surface area (Å²) in [5.74, 6) is 0.681. The van der Waals surface area contributed by atoms with Crippen LogP contribution in [0.2, 0.25) is 0 Å². The molecular formula is C6H12O2. The lowest BCUT2D eigenvalue weighted by Crippen LogP contribution is -2.06. The minimum Gasteiger partial charge on any atom is -0.356 e. The monoisotopic (exact) mass is 116 g/mol. The molecule has 0 radical (unpaired) electrons. The van der Waals surface area contributed by atoms with E-state index in [1.54, 1.807) is 7.11 Å². The molecule has 8 heavy (non-hydrogen) atoms. The summed E-state index contributed by atoms with van der Waals surface area (Å²) in [6.07, 6.45) is 1.13. The molecule has 0 aromatic carbocycles. The molecular weight excluding hydrogens is 104 g/mol. The van der Waals surface area contributed by atoms with Crippen LogP contribution in [-0.4, -0.2) is 20.0 Å². The van der Waals surface area contributed by atoms with Gasteiger partial charge in [-0.3, -0.25) is 0 Å². The molecule has 1 rings (SSSR count). The van der Waals surface area contributed by atoms with Crippen LogP contribution in [0.4, 0.5) is 0 Å². The first-order valence-electron chi connectivity index (χ1n) is 2.97. The van der Waals surface area contributed by atoms with E-state index < -0.39 is 0 Å². The molecule has 1 saturated heterocycles. The van der Waals surface area contributed by atoms with Crippen molar-refractivity contribution < 1.29 is 9.47 Å². The second kappa shape index (κ2) is 2.46. The molecule has 2 nitrogen and oxygen atoms in total. The van der Waals surface area contributed by atoms with E-state index in [4.69, 9.17) is 9.47 Å². The van der Waals surface area contributed by atoms with Crippen LogP contribution in [0, 0.1) is 5.92 Å². The molecule has 0 bridgehead atoms. The minimum atomic E-state index is 0.0741. The molecule has 0 aromatic heterocycles. The lowest BCUT2D eigenvalue weighted by atomic mass is 10.1. The Kier molecular flexibility index (Phi) is 1.86. The Hall–Kier alpha value is -0.0800. The molecule has 1 aliphatic heterocycles. The fourth-order valence-electron chi connectivity index (χ4n) is 0.900. The molecule has 0 spiro atoms. The van der Waals surface area contributed by atoms with Crippen LogP contribution in [0.15, 0.2) is 0 Å². The molecule has 0 aliphatic carbocycles. The van der Waals surface area contributed by atoms with Gasteiger partial charge in [0.05, 0.1) is 6.61 Å². The van der Waals surface area contributed by atoms with Crippen molar-refractivity contribution in [1.29, 1.82) is 0 Å². The van der Waals surface area contributed by atoms with Gasteiger partial charge in [-0.2, -0.15) is 0 Å². The van der Waals surface area contributed by atoms with Gasteiger partial charge >= 0.3 is 0 Å². The van der Waals surface area contributed by atoms with Crippen molar-refractivity contribution in [3.05, 3.63) is 0 Å². The molecule has 1 aliphatic rings. The van der Waals surface area contributed by atoms with Gasteiger partial charge in [0, 0.05) is 13.5 Å². The standard InChI is InChI=1S/C6H12O2/c1-5-3-6(7-2)8-4-5/h5-6H,3-4H2,1-2H3/t5?,6-/m1/s1. The van der Waals surface area contributed by atoms with E-state index in [0.29, 0.717) is 5.92 Å². The van der Waals surface area contributed by atoms with Crippen LogP contribution in [0.5, 0.6) is 0 Å². The van der Waals surface area contributed by atoms with Crippen molar-refractivity contribution >= 4 is 0 Å². The first-order chi connectivity index (χ1) is 3.83. The largest absolute Gasteiger partial charge is 0.356 e. The lowest BCUT2D eigenvalue weighted by Gasteiger charge is -2.03. The number of rotatable bonds is 1. The molecule has 0 amide bonds. The third-order valence-corrected chi connectivity index (χ3v) is 1.42. The highest BCUT2D eigenvalue weighted by molar-refractivity contribution is 4.61. The predicted octanol–water partition coefficient (Wildman–Crippen LogP) is 1.02. The molecule has 0 N–H and O–H groups in total. The summed E-state index contributed by atoms with van der Waals surface area (Å²) in [4.78, 5) is 0. The average molecular weight is 116 g/mol. The fourth-order valence-corrected chi connectivity index (χ4v) is 0.900. The van der Waals surface area contributed by atoms with Gasteiger partial charge in [-0.05, 0) is 5.92 Å². The van der Waals surface area contributed by atoms with Crippen molar-refractivity contribution in [1.82, 2.24) is 0 Å². The second-order valence-electron chi connectivity index (χ2n) is 2.34. The summed E-state index contributed by atoms with van der Waals surface area (Å²) in [5.41, 5.74) is 0. The Bertz CT molecular complexity index is 72.9. The zero-order chi connectivity index (χ0) is 5.98. The molecule has 0 aromatic rings.